The van der Waals surface area contributed by atoms with Gasteiger partial charge in [0.05, 0.1) is 29.4 Å². The Kier molecular flexibility index (Phi) is 6.23. The average Bonchev–Trinajstić information content (AvgIpc) is 3.30. The number of rotatable bonds is 7. The molecule has 0 saturated heterocycles. The van der Waals surface area contributed by atoms with Crippen molar-refractivity contribution in [2.45, 2.75) is 6.42 Å². The molecule has 1 aromatic heterocycles. The molecule has 0 N–H and O–H groups in total. The van der Waals surface area contributed by atoms with Crippen LogP contribution in [0.1, 0.15) is 5.56 Å². The molecule has 5 rings (SSSR count). The van der Waals surface area contributed by atoms with Crippen LogP contribution in [0, 0.1) is 0 Å². The highest BCUT2D eigenvalue weighted by Crippen LogP contribution is 2.35. The van der Waals surface area contributed by atoms with Gasteiger partial charge in [-0.1, -0.05) is 53.8 Å². The number of carbonyl (C=O) groups excluding carboxylic acids is 1. The lowest BCUT2D eigenvalue weighted by atomic mass is 10.1. The van der Waals surface area contributed by atoms with E-state index in [9.17, 15) is 4.79 Å². The summed E-state index contributed by atoms with van der Waals surface area (Å²) in [4.78, 5) is 20.0. The van der Waals surface area contributed by atoms with Gasteiger partial charge in [-0.05, 0) is 66.2 Å². The van der Waals surface area contributed by atoms with E-state index in [0.29, 0.717) is 10.9 Å². The van der Waals surface area contributed by atoms with E-state index in [1.165, 1.54) is 11.3 Å². The Bertz CT molecular complexity index is 1360. The second kappa shape index (κ2) is 9.77. The maximum Gasteiger partial charge on any atom is 0.237 e. The minimum absolute atomic E-state index is 0.0686. The number of aromatic nitrogens is 1. The van der Waals surface area contributed by atoms with Crippen molar-refractivity contribution < 1.29 is 14.3 Å². The van der Waals surface area contributed by atoms with Crippen LogP contribution in [0.25, 0.3) is 10.2 Å². The molecule has 0 unspecified atom stereocenters. The van der Waals surface area contributed by atoms with Crippen LogP contribution in [0.2, 0.25) is 0 Å². The minimum atomic E-state index is -0.0686. The molecule has 6 heteroatoms. The summed E-state index contributed by atoms with van der Waals surface area (Å²) in [6.07, 6.45) is 0.238. The highest BCUT2D eigenvalue weighted by atomic mass is 32.1. The number of carbonyl (C=O) groups is 1. The second-order valence-corrected chi connectivity index (χ2v) is 8.64. The molecular weight excluding hydrogens is 444 g/mol. The Morgan fingerprint density at radius 1 is 0.794 bits per heavy atom. The Morgan fingerprint density at radius 2 is 1.44 bits per heavy atom. The zero-order chi connectivity index (χ0) is 23.3. The van der Waals surface area contributed by atoms with Gasteiger partial charge in [-0.2, -0.15) is 0 Å². The van der Waals surface area contributed by atoms with Crippen LogP contribution in [0.5, 0.6) is 17.2 Å². The molecule has 0 atom stereocenters. The lowest BCUT2D eigenvalue weighted by Gasteiger charge is -2.20. The zero-order valence-corrected chi connectivity index (χ0v) is 19.4. The fourth-order valence-corrected chi connectivity index (χ4v) is 4.61. The summed E-state index contributed by atoms with van der Waals surface area (Å²) in [5.41, 5.74) is 2.51. The smallest absolute Gasteiger partial charge is 0.237 e. The van der Waals surface area contributed by atoms with E-state index < -0.39 is 0 Å². The van der Waals surface area contributed by atoms with Crippen molar-refractivity contribution in [3.63, 3.8) is 0 Å². The minimum Gasteiger partial charge on any atom is -0.497 e. The Labute approximate surface area is 201 Å². The van der Waals surface area contributed by atoms with Crippen molar-refractivity contribution in [3.05, 3.63) is 109 Å². The van der Waals surface area contributed by atoms with E-state index in [1.807, 2.05) is 103 Å². The van der Waals surface area contributed by atoms with E-state index in [-0.39, 0.29) is 12.3 Å². The van der Waals surface area contributed by atoms with Gasteiger partial charge in [-0.15, -0.1) is 0 Å². The number of nitrogens with zero attached hydrogens (tertiary/aromatic N) is 2. The summed E-state index contributed by atoms with van der Waals surface area (Å²) >= 11 is 1.49. The van der Waals surface area contributed by atoms with Gasteiger partial charge in [-0.3, -0.25) is 9.69 Å². The molecule has 4 aromatic carbocycles. The number of hydrogen-bond donors (Lipinski definition) is 0. The SMILES string of the molecule is COc1ccc(CC(=O)N(c2ccc(Oc3ccccc3)cc2)c2nc3ccccc3s2)cc1. The first kappa shape index (κ1) is 21.7. The summed E-state index contributed by atoms with van der Waals surface area (Å²) < 4.78 is 12.2. The topological polar surface area (TPSA) is 51.7 Å². The third kappa shape index (κ3) is 4.77. The number of fused-ring (bicyclic) bond motifs is 1. The molecular formula is C28H22N2O3S. The molecule has 0 aliphatic rings. The Balaban J connectivity index is 1.46. The number of para-hydroxylation sites is 2. The van der Waals surface area contributed by atoms with Gasteiger partial charge in [0.15, 0.2) is 5.13 Å². The van der Waals surface area contributed by atoms with E-state index >= 15 is 0 Å². The molecule has 0 spiro atoms. The van der Waals surface area contributed by atoms with E-state index in [2.05, 4.69) is 0 Å². The van der Waals surface area contributed by atoms with Crippen molar-refractivity contribution in [3.8, 4) is 17.2 Å². The van der Waals surface area contributed by atoms with Gasteiger partial charge in [0.2, 0.25) is 5.91 Å². The van der Waals surface area contributed by atoms with Gasteiger partial charge in [0.1, 0.15) is 17.2 Å². The van der Waals surface area contributed by atoms with Crippen LogP contribution in [0.15, 0.2) is 103 Å². The molecule has 34 heavy (non-hydrogen) atoms. The van der Waals surface area contributed by atoms with E-state index in [1.54, 1.807) is 12.0 Å². The van der Waals surface area contributed by atoms with Crippen LogP contribution in [-0.4, -0.2) is 18.0 Å². The van der Waals surface area contributed by atoms with Crippen LogP contribution in [-0.2, 0) is 11.2 Å². The molecule has 0 fully saturated rings. The molecule has 168 valence electrons. The third-order valence-corrected chi connectivity index (χ3v) is 6.33. The van der Waals surface area contributed by atoms with Crippen LogP contribution in [0.3, 0.4) is 0 Å². The van der Waals surface area contributed by atoms with Gasteiger partial charge < -0.3 is 9.47 Å². The number of thiazole rings is 1. The monoisotopic (exact) mass is 466 g/mol. The number of anilines is 2. The average molecular weight is 467 g/mol. The number of ether oxygens (including phenoxy) is 2. The first-order valence-electron chi connectivity index (χ1n) is 10.8. The summed E-state index contributed by atoms with van der Waals surface area (Å²) in [7, 11) is 1.63. The Morgan fingerprint density at radius 3 is 2.15 bits per heavy atom. The van der Waals surface area contributed by atoms with Gasteiger partial charge >= 0.3 is 0 Å². The maximum atomic E-state index is 13.6. The fourth-order valence-electron chi connectivity index (χ4n) is 3.60. The fraction of sp³-hybridized carbons (Fsp3) is 0.0714. The predicted molar refractivity (Wildman–Crippen MR) is 136 cm³/mol. The molecule has 0 bridgehead atoms. The quantitative estimate of drug-likeness (QED) is 0.259. The highest BCUT2D eigenvalue weighted by Gasteiger charge is 2.22. The molecule has 5 aromatic rings. The maximum absolute atomic E-state index is 13.6. The Hall–Kier alpha value is -4.16. The van der Waals surface area contributed by atoms with Crippen molar-refractivity contribution >= 4 is 38.3 Å². The van der Waals surface area contributed by atoms with Crippen LogP contribution in [0.4, 0.5) is 10.8 Å². The van der Waals surface area contributed by atoms with Crippen LogP contribution < -0.4 is 14.4 Å². The van der Waals surface area contributed by atoms with Crippen molar-refractivity contribution in [1.29, 1.82) is 0 Å². The second-order valence-electron chi connectivity index (χ2n) is 7.63. The zero-order valence-electron chi connectivity index (χ0n) is 18.5. The van der Waals surface area contributed by atoms with Crippen molar-refractivity contribution in [1.82, 2.24) is 4.98 Å². The molecule has 1 amide bonds. The van der Waals surface area contributed by atoms with Gasteiger partial charge in [-0.25, -0.2) is 4.98 Å². The predicted octanol–water partition coefficient (Wildman–Crippen LogP) is 7.00. The molecule has 1 heterocycles. The lowest BCUT2D eigenvalue weighted by molar-refractivity contribution is -0.117. The third-order valence-electron chi connectivity index (χ3n) is 5.31. The van der Waals surface area contributed by atoms with Crippen molar-refractivity contribution in [2.24, 2.45) is 0 Å². The number of methoxy groups -OCH3 is 1. The highest BCUT2D eigenvalue weighted by molar-refractivity contribution is 7.22. The van der Waals surface area contributed by atoms with Gasteiger partial charge in [0.25, 0.3) is 0 Å². The van der Waals surface area contributed by atoms with E-state index in [4.69, 9.17) is 14.5 Å². The largest absolute Gasteiger partial charge is 0.497 e. The first-order valence-corrected chi connectivity index (χ1v) is 11.7. The summed E-state index contributed by atoms with van der Waals surface area (Å²) in [6.45, 7) is 0. The standard InChI is InChI=1S/C28H22N2O3S/c1-32-22-15-11-20(12-16-22)19-27(31)30(28-29-25-9-5-6-10-26(25)34-28)21-13-17-24(18-14-21)33-23-7-3-2-4-8-23/h2-18H,19H2,1H3. The van der Waals surface area contributed by atoms with Crippen LogP contribution >= 0.6 is 11.3 Å². The van der Waals surface area contributed by atoms with Gasteiger partial charge in [0, 0.05) is 0 Å². The molecule has 0 aliphatic heterocycles. The summed E-state index contributed by atoms with van der Waals surface area (Å²) in [5.74, 6) is 2.14. The molecule has 0 saturated carbocycles. The number of benzene rings is 4. The summed E-state index contributed by atoms with van der Waals surface area (Å²) in [6, 6.07) is 32.5. The first-order chi connectivity index (χ1) is 16.7. The molecule has 0 aliphatic carbocycles. The lowest BCUT2D eigenvalue weighted by Crippen LogP contribution is -2.27. The number of hydrogen-bond acceptors (Lipinski definition) is 5. The van der Waals surface area contributed by atoms with Crippen molar-refractivity contribution in [2.75, 3.05) is 12.0 Å². The molecule has 0 radical (unpaired) electrons. The normalized spacial score (nSPS) is 10.7. The molecule has 5 nitrogen and oxygen atoms in total. The number of amides is 1. The van der Waals surface area contributed by atoms with E-state index in [0.717, 1.165) is 33.0 Å². The summed E-state index contributed by atoms with van der Waals surface area (Å²) in [5, 5.41) is 0.636.